The van der Waals surface area contributed by atoms with E-state index in [-0.39, 0.29) is 0 Å². The zero-order chi connectivity index (χ0) is 16.5. The van der Waals surface area contributed by atoms with Gasteiger partial charge in [0.25, 0.3) is 0 Å². The van der Waals surface area contributed by atoms with Gasteiger partial charge in [-0.25, -0.2) is 0 Å². The van der Waals surface area contributed by atoms with Gasteiger partial charge in [0.1, 0.15) is 0 Å². The smallest absolute Gasteiger partial charge is 0.0662 e. The number of aromatic amines is 1. The van der Waals surface area contributed by atoms with Crippen molar-refractivity contribution >= 4 is 10.9 Å². The van der Waals surface area contributed by atoms with Crippen LogP contribution in [0.5, 0.6) is 0 Å². The van der Waals surface area contributed by atoms with E-state index in [4.69, 9.17) is 0 Å². The monoisotopic (exact) mass is 323 g/mol. The Bertz CT molecular complexity index is 816. The van der Waals surface area contributed by atoms with Gasteiger partial charge in [0.05, 0.1) is 11.7 Å². The predicted octanol–water partition coefficient (Wildman–Crippen LogP) is 2.87. The average Bonchev–Trinajstić information content (AvgIpc) is 3.21. The molecule has 1 atom stereocenters. The van der Waals surface area contributed by atoms with Crippen LogP contribution in [0.2, 0.25) is 0 Å². The maximum Gasteiger partial charge on any atom is 0.0662 e. The lowest BCUT2D eigenvalue weighted by atomic mass is 10.1. The van der Waals surface area contributed by atoms with Crippen LogP contribution in [-0.4, -0.2) is 51.7 Å². The summed E-state index contributed by atoms with van der Waals surface area (Å²) < 4.78 is 2.23. The van der Waals surface area contributed by atoms with Gasteiger partial charge < -0.3 is 9.88 Å². The quantitative estimate of drug-likeness (QED) is 0.785. The van der Waals surface area contributed by atoms with Crippen molar-refractivity contribution in [1.29, 1.82) is 0 Å². The van der Waals surface area contributed by atoms with Crippen LogP contribution in [0.1, 0.15) is 23.7 Å². The summed E-state index contributed by atoms with van der Waals surface area (Å²) in [7, 11) is 4.27. The molecule has 0 radical (unpaired) electrons. The van der Waals surface area contributed by atoms with E-state index in [2.05, 4.69) is 69.0 Å². The molecule has 3 heterocycles. The third-order valence-electron chi connectivity index (χ3n) is 4.94. The molecule has 5 heteroatoms. The molecule has 2 aromatic heterocycles. The molecule has 0 saturated heterocycles. The van der Waals surface area contributed by atoms with Crippen molar-refractivity contribution in [3.05, 3.63) is 54.0 Å². The van der Waals surface area contributed by atoms with Gasteiger partial charge in [0.15, 0.2) is 0 Å². The minimum atomic E-state index is 0.455. The lowest BCUT2D eigenvalue weighted by Gasteiger charge is -2.34. The lowest BCUT2D eigenvalue weighted by molar-refractivity contribution is 0.155. The summed E-state index contributed by atoms with van der Waals surface area (Å²) in [6.07, 6.45) is 5.10. The fourth-order valence-electron chi connectivity index (χ4n) is 3.74. The fraction of sp³-hybridized carbons (Fsp3) is 0.421. The van der Waals surface area contributed by atoms with Crippen LogP contribution in [0, 0.1) is 0 Å². The molecule has 1 N–H and O–H groups in total. The molecule has 1 aliphatic heterocycles. The van der Waals surface area contributed by atoms with E-state index in [0.29, 0.717) is 6.04 Å². The van der Waals surface area contributed by atoms with Crippen LogP contribution in [0.4, 0.5) is 0 Å². The van der Waals surface area contributed by atoms with Crippen LogP contribution < -0.4 is 0 Å². The first-order valence-corrected chi connectivity index (χ1v) is 8.65. The van der Waals surface area contributed by atoms with Gasteiger partial charge in [-0.2, -0.15) is 5.10 Å². The van der Waals surface area contributed by atoms with Crippen molar-refractivity contribution in [3.63, 3.8) is 0 Å². The van der Waals surface area contributed by atoms with Crippen molar-refractivity contribution < 1.29 is 0 Å². The van der Waals surface area contributed by atoms with E-state index in [9.17, 15) is 0 Å². The summed E-state index contributed by atoms with van der Waals surface area (Å²) in [5.41, 5.74) is 3.94. The highest BCUT2D eigenvalue weighted by Gasteiger charge is 2.25. The number of nitrogens with zero attached hydrogens (tertiary/aromatic N) is 4. The summed E-state index contributed by atoms with van der Waals surface area (Å²) in [6, 6.07) is 11.3. The van der Waals surface area contributed by atoms with E-state index in [1.54, 1.807) is 0 Å². The Labute approximate surface area is 142 Å². The van der Waals surface area contributed by atoms with Crippen molar-refractivity contribution in [3.8, 4) is 0 Å². The van der Waals surface area contributed by atoms with E-state index < -0.39 is 0 Å². The molecule has 0 amide bonds. The van der Waals surface area contributed by atoms with Crippen molar-refractivity contribution in [2.75, 3.05) is 27.2 Å². The number of aromatic nitrogens is 3. The highest BCUT2D eigenvalue weighted by Crippen LogP contribution is 2.26. The van der Waals surface area contributed by atoms with Gasteiger partial charge >= 0.3 is 0 Å². The lowest BCUT2D eigenvalue weighted by Crippen LogP contribution is -2.38. The highest BCUT2D eigenvalue weighted by atomic mass is 15.4. The molecule has 1 aromatic carbocycles. The second-order valence-electron chi connectivity index (χ2n) is 7.04. The Morgan fingerprint density at radius 3 is 3.04 bits per heavy atom. The number of fused-ring (bicyclic) bond motifs is 2. The van der Waals surface area contributed by atoms with Gasteiger partial charge in [0, 0.05) is 42.9 Å². The Kier molecular flexibility index (Phi) is 4.12. The van der Waals surface area contributed by atoms with Gasteiger partial charge in [-0.3, -0.25) is 9.58 Å². The molecular weight excluding hydrogens is 298 g/mol. The number of benzene rings is 1. The Morgan fingerprint density at radius 2 is 2.17 bits per heavy atom. The zero-order valence-corrected chi connectivity index (χ0v) is 14.4. The predicted molar refractivity (Wildman–Crippen MR) is 96.8 cm³/mol. The van der Waals surface area contributed by atoms with E-state index in [0.717, 1.165) is 32.6 Å². The number of hydrogen-bond acceptors (Lipinski definition) is 3. The largest absolute Gasteiger partial charge is 0.361 e. The van der Waals surface area contributed by atoms with E-state index in [1.807, 2.05) is 12.4 Å². The maximum atomic E-state index is 4.57. The molecule has 0 spiro atoms. The van der Waals surface area contributed by atoms with Crippen LogP contribution in [0.3, 0.4) is 0 Å². The van der Waals surface area contributed by atoms with Crippen LogP contribution in [-0.2, 0) is 13.1 Å². The Balaban J connectivity index is 1.55. The zero-order valence-electron chi connectivity index (χ0n) is 14.4. The fourth-order valence-corrected chi connectivity index (χ4v) is 3.74. The third-order valence-corrected chi connectivity index (χ3v) is 4.94. The standard InChI is InChI=1S/C19H25N5/c1-22(2)11-8-17-14-23(13-16-6-10-21-24(16)17)12-15-4-3-5-19-18(15)7-9-20-19/h3-7,9-10,17,20H,8,11-14H2,1-2H3. The molecule has 0 fully saturated rings. The van der Waals surface area contributed by atoms with E-state index >= 15 is 0 Å². The molecule has 126 valence electrons. The first-order chi connectivity index (χ1) is 11.7. The number of nitrogens with one attached hydrogen (secondary N) is 1. The van der Waals surface area contributed by atoms with E-state index in [1.165, 1.54) is 22.2 Å². The van der Waals surface area contributed by atoms with Gasteiger partial charge in [0.2, 0.25) is 0 Å². The molecule has 1 aliphatic rings. The summed E-state index contributed by atoms with van der Waals surface area (Å²) in [5, 5.41) is 5.90. The SMILES string of the molecule is CN(C)CCC1CN(Cc2cccc3[nH]ccc23)Cc2ccnn21. The molecule has 0 saturated carbocycles. The molecular formula is C19H25N5. The molecule has 4 rings (SSSR count). The van der Waals surface area contributed by atoms with Crippen LogP contribution >= 0.6 is 0 Å². The number of H-pyrrole nitrogens is 1. The summed E-state index contributed by atoms with van der Waals surface area (Å²) in [5.74, 6) is 0. The molecule has 5 nitrogen and oxygen atoms in total. The highest BCUT2D eigenvalue weighted by molar-refractivity contribution is 5.82. The van der Waals surface area contributed by atoms with Crippen molar-refractivity contribution in [1.82, 2.24) is 24.6 Å². The van der Waals surface area contributed by atoms with Gasteiger partial charge in [-0.05, 0) is 50.8 Å². The topological polar surface area (TPSA) is 40.1 Å². The third kappa shape index (κ3) is 2.97. The second-order valence-corrected chi connectivity index (χ2v) is 7.04. The molecule has 3 aromatic rings. The molecule has 0 aliphatic carbocycles. The second kappa shape index (κ2) is 6.42. The average molecular weight is 323 g/mol. The maximum absolute atomic E-state index is 4.57. The minimum absolute atomic E-state index is 0.455. The first-order valence-electron chi connectivity index (χ1n) is 8.65. The first kappa shape index (κ1) is 15.4. The molecule has 1 unspecified atom stereocenters. The van der Waals surface area contributed by atoms with Crippen molar-refractivity contribution in [2.45, 2.75) is 25.6 Å². The van der Waals surface area contributed by atoms with Gasteiger partial charge in [-0.15, -0.1) is 0 Å². The summed E-state index contributed by atoms with van der Waals surface area (Å²) in [6.45, 7) is 4.10. The molecule has 0 bridgehead atoms. The van der Waals surface area contributed by atoms with Crippen LogP contribution in [0.15, 0.2) is 42.7 Å². The Hall–Kier alpha value is -2.11. The summed E-state index contributed by atoms with van der Waals surface area (Å²) >= 11 is 0. The molecule has 24 heavy (non-hydrogen) atoms. The van der Waals surface area contributed by atoms with Crippen LogP contribution in [0.25, 0.3) is 10.9 Å². The van der Waals surface area contributed by atoms with Crippen molar-refractivity contribution in [2.24, 2.45) is 0 Å². The normalized spacial score (nSPS) is 18.4. The Morgan fingerprint density at radius 1 is 1.25 bits per heavy atom. The number of rotatable bonds is 5. The van der Waals surface area contributed by atoms with Gasteiger partial charge in [-0.1, -0.05) is 12.1 Å². The number of hydrogen-bond donors (Lipinski definition) is 1. The summed E-state index contributed by atoms with van der Waals surface area (Å²) in [4.78, 5) is 8.12. The minimum Gasteiger partial charge on any atom is -0.361 e.